The molecular formula is C14H16N2O8. The average Bonchev–Trinajstić information content (AvgIpc) is 2.53. The molecule has 0 aromatic heterocycles. The van der Waals surface area contributed by atoms with Crippen LogP contribution in [0.15, 0.2) is 18.2 Å². The van der Waals surface area contributed by atoms with Gasteiger partial charge in [-0.15, -0.1) is 0 Å². The highest BCUT2D eigenvalue weighted by Crippen LogP contribution is 2.24. The summed E-state index contributed by atoms with van der Waals surface area (Å²) < 4.78 is 9.85. The first-order chi connectivity index (χ1) is 11.2. The van der Waals surface area contributed by atoms with E-state index in [1.807, 2.05) is 0 Å². The lowest BCUT2D eigenvalue weighted by Crippen LogP contribution is -2.29. The number of carbonyl (C=O) groups is 2. The van der Waals surface area contributed by atoms with Crippen molar-refractivity contribution in [3.05, 3.63) is 44.0 Å². The van der Waals surface area contributed by atoms with Gasteiger partial charge in [-0.25, -0.2) is 4.79 Å². The normalized spacial score (nSPS) is 12.8. The molecule has 0 saturated carbocycles. The quantitative estimate of drug-likeness (QED) is 0.418. The minimum Gasteiger partial charge on any atom is -0.466 e. The molecule has 0 bridgehead atoms. The van der Waals surface area contributed by atoms with E-state index in [0.29, 0.717) is 0 Å². The zero-order valence-electron chi connectivity index (χ0n) is 13.3. The van der Waals surface area contributed by atoms with Crippen LogP contribution in [-0.4, -0.2) is 34.5 Å². The Labute approximate surface area is 136 Å². The van der Waals surface area contributed by atoms with Crippen LogP contribution in [0.1, 0.15) is 31.1 Å². The molecule has 0 aliphatic carbocycles. The SMILES string of the molecule is CCOC(=O)[C@H](C)[C@H](C)OC(=O)c1cc([N+](=O)[O-])cc([N+](=O)[O-])c1. The first kappa shape index (κ1) is 19.0. The summed E-state index contributed by atoms with van der Waals surface area (Å²) in [4.78, 5) is 43.6. The molecule has 0 spiro atoms. The fraction of sp³-hybridized carbons (Fsp3) is 0.429. The third-order valence-electron chi connectivity index (χ3n) is 3.22. The molecule has 0 saturated heterocycles. The summed E-state index contributed by atoms with van der Waals surface area (Å²) in [7, 11) is 0. The molecule has 10 nitrogen and oxygen atoms in total. The molecule has 0 aliphatic rings. The lowest BCUT2D eigenvalue weighted by Gasteiger charge is -2.18. The topological polar surface area (TPSA) is 139 Å². The van der Waals surface area contributed by atoms with E-state index in [-0.39, 0.29) is 12.2 Å². The number of nitrogens with zero attached hydrogens (tertiary/aromatic N) is 2. The maximum atomic E-state index is 12.1. The number of benzene rings is 1. The summed E-state index contributed by atoms with van der Waals surface area (Å²) in [6.07, 6.45) is -0.880. The Morgan fingerprint density at radius 3 is 2.00 bits per heavy atom. The highest BCUT2D eigenvalue weighted by Gasteiger charge is 2.27. The maximum absolute atomic E-state index is 12.1. The standard InChI is InChI=1S/C14H16N2O8/c1-4-23-13(17)8(2)9(3)24-14(18)10-5-11(15(19)20)7-12(6-10)16(21)22/h5-9H,4H2,1-3H3/t8-,9+/m1/s1. The van der Waals surface area contributed by atoms with Gasteiger partial charge in [-0.05, 0) is 20.8 Å². The molecule has 0 radical (unpaired) electrons. The zero-order valence-corrected chi connectivity index (χ0v) is 13.3. The predicted molar refractivity (Wildman–Crippen MR) is 80.4 cm³/mol. The Balaban J connectivity index is 3.00. The van der Waals surface area contributed by atoms with Gasteiger partial charge in [0, 0.05) is 12.1 Å². The van der Waals surface area contributed by atoms with Crippen LogP contribution in [0.5, 0.6) is 0 Å². The molecule has 2 atom stereocenters. The van der Waals surface area contributed by atoms with E-state index in [0.717, 1.165) is 18.2 Å². The van der Waals surface area contributed by atoms with Crippen LogP contribution in [0.4, 0.5) is 11.4 Å². The summed E-state index contributed by atoms with van der Waals surface area (Å²) >= 11 is 0. The van der Waals surface area contributed by atoms with Crippen LogP contribution in [0, 0.1) is 26.1 Å². The van der Waals surface area contributed by atoms with Gasteiger partial charge in [0.05, 0.1) is 34.0 Å². The van der Waals surface area contributed by atoms with Gasteiger partial charge in [0.25, 0.3) is 11.4 Å². The highest BCUT2D eigenvalue weighted by molar-refractivity contribution is 5.91. The number of esters is 2. The molecule has 1 aromatic carbocycles. The lowest BCUT2D eigenvalue weighted by atomic mass is 10.1. The van der Waals surface area contributed by atoms with Crippen molar-refractivity contribution in [2.45, 2.75) is 26.9 Å². The van der Waals surface area contributed by atoms with Gasteiger partial charge in [-0.1, -0.05) is 0 Å². The van der Waals surface area contributed by atoms with Crippen LogP contribution in [-0.2, 0) is 14.3 Å². The third kappa shape index (κ3) is 4.73. The van der Waals surface area contributed by atoms with Crippen LogP contribution in [0.3, 0.4) is 0 Å². The molecule has 1 rings (SSSR count). The molecule has 0 fully saturated rings. The van der Waals surface area contributed by atoms with E-state index in [2.05, 4.69) is 0 Å². The smallest absolute Gasteiger partial charge is 0.338 e. The molecule has 0 heterocycles. The maximum Gasteiger partial charge on any atom is 0.338 e. The van der Waals surface area contributed by atoms with E-state index < -0.39 is 45.2 Å². The van der Waals surface area contributed by atoms with Gasteiger partial charge in [-0.2, -0.15) is 0 Å². The second kappa shape index (κ2) is 7.99. The van der Waals surface area contributed by atoms with Crippen LogP contribution in [0.25, 0.3) is 0 Å². The fourth-order valence-corrected chi connectivity index (χ4v) is 1.73. The summed E-state index contributed by atoms with van der Waals surface area (Å²) in [5.41, 5.74) is -1.57. The summed E-state index contributed by atoms with van der Waals surface area (Å²) in [5.74, 6) is -2.34. The Morgan fingerprint density at radius 1 is 1.08 bits per heavy atom. The van der Waals surface area contributed by atoms with Crippen LogP contribution >= 0.6 is 0 Å². The Kier molecular flexibility index (Phi) is 6.33. The number of nitro benzene ring substituents is 2. The second-order valence-electron chi connectivity index (χ2n) is 4.90. The number of carbonyl (C=O) groups excluding carboxylic acids is 2. The molecule has 24 heavy (non-hydrogen) atoms. The van der Waals surface area contributed by atoms with Crippen molar-refractivity contribution in [1.29, 1.82) is 0 Å². The predicted octanol–water partition coefficient (Wildman–Crippen LogP) is 2.25. The summed E-state index contributed by atoms with van der Waals surface area (Å²) in [6.45, 7) is 4.74. The second-order valence-corrected chi connectivity index (χ2v) is 4.90. The number of nitro groups is 2. The minimum absolute atomic E-state index is 0.168. The fourth-order valence-electron chi connectivity index (χ4n) is 1.73. The van der Waals surface area contributed by atoms with Crippen molar-refractivity contribution in [2.75, 3.05) is 6.61 Å². The number of ether oxygens (including phenoxy) is 2. The van der Waals surface area contributed by atoms with Crippen molar-refractivity contribution in [3.8, 4) is 0 Å². The number of hydrogen-bond donors (Lipinski definition) is 0. The molecule has 130 valence electrons. The van der Waals surface area contributed by atoms with Gasteiger partial charge >= 0.3 is 11.9 Å². The number of hydrogen-bond acceptors (Lipinski definition) is 8. The number of non-ortho nitro benzene ring substituents is 2. The average molecular weight is 340 g/mol. The summed E-state index contributed by atoms with van der Waals surface area (Å²) in [5, 5.41) is 21.6. The van der Waals surface area contributed by atoms with Crippen LogP contribution < -0.4 is 0 Å². The molecular weight excluding hydrogens is 324 g/mol. The molecule has 1 aromatic rings. The van der Waals surface area contributed by atoms with E-state index in [4.69, 9.17) is 9.47 Å². The van der Waals surface area contributed by atoms with Crippen molar-refractivity contribution in [1.82, 2.24) is 0 Å². The summed E-state index contributed by atoms with van der Waals surface area (Å²) in [6, 6.07) is 2.48. The van der Waals surface area contributed by atoms with Crippen molar-refractivity contribution in [3.63, 3.8) is 0 Å². The molecule has 0 N–H and O–H groups in total. The first-order valence-corrected chi connectivity index (χ1v) is 6.98. The Bertz CT molecular complexity index is 640. The monoisotopic (exact) mass is 340 g/mol. The van der Waals surface area contributed by atoms with E-state index in [1.165, 1.54) is 13.8 Å². The van der Waals surface area contributed by atoms with Crippen LogP contribution in [0.2, 0.25) is 0 Å². The molecule has 0 amide bonds. The highest BCUT2D eigenvalue weighted by atomic mass is 16.6. The largest absolute Gasteiger partial charge is 0.466 e. The minimum atomic E-state index is -1.01. The molecule has 10 heteroatoms. The van der Waals surface area contributed by atoms with Gasteiger partial charge in [-0.3, -0.25) is 25.0 Å². The van der Waals surface area contributed by atoms with E-state index >= 15 is 0 Å². The van der Waals surface area contributed by atoms with Gasteiger partial charge in [0.2, 0.25) is 0 Å². The Hall–Kier alpha value is -3.04. The number of rotatable bonds is 7. The molecule has 0 unspecified atom stereocenters. The van der Waals surface area contributed by atoms with Gasteiger partial charge < -0.3 is 9.47 Å². The molecule has 0 aliphatic heterocycles. The first-order valence-electron chi connectivity index (χ1n) is 6.98. The lowest BCUT2D eigenvalue weighted by molar-refractivity contribution is -0.394. The van der Waals surface area contributed by atoms with Gasteiger partial charge in [0.1, 0.15) is 6.10 Å². The third-order valence-corrected chi connectivity index (χ3v) is 3.22. The van der Waals surface area contributed by atoms with Crippen molar-refractivity contribution in [2.24, 2.45) is 5.92 Å². The van der Waals surface area contributed by atoms with Gasteiger partial charge in [0.15, 0.2) is 0 Å². The zero-order chi connectivity index (χ0) is 18.4. The van der Waals surface area contributed by atoms with Crippen molar-refractivity contribution >= 4 is 23.3 Å². The van der Waals surface area contributed by atoms with E-state index in [9.17, 15) is 29.8 Å². The van der Waals surface area contributed by atoms with E-state index in [1.54, 1.807) is 6.92 Å². The van der Waals surface area contributed by atoms with Crippen molar-refractivity contribution < 1.29 is 28.9 Å². The Morgan fingerprint density at radius 2 is 1.58 bits per heavy atom.